The number of anilines is 1. The quantitative estimate of drug-likeness (QED) is 0.480. The lowest BCUT2D eigenvalue weighted by Gasteiger charge is -2.33. The van der Waals surface area contributed by atoms with E-state index in [2.05, 4.69) is 29.2 Å². The number of likely N-dealkylation sites (tertiary alicyclic amines) is 1. The predicted octanol–water partition coefficient (Wildman–Crippen LogP) is 4.93. The van der Waals surface area contributed by atoms with Gasteiger partial charge in [0, 0.05) is 18.3 Å². The Bertz CT molecular complexity index is 1030. The minimum Gasteiger partial charge on any atom is -0.490 e. The molecule has 0 amide bonds. The zero-order valence-corrected chi connectivity index (χ0v) is 19.2. The molecule has 4 nitrogen and oxygen atoms in total. The van der Waals surface area contributed by atoms with Crippen LogP contribution >= 0.6 is 0 Å². The third-order valence-electron chi connectivity index (χ3n) is 6.47. The molecule has 1 atom stereocenters. The molecule has 3 aromatic carbocycles. The second kappa shape index (κ2) is 10.8. The van der Waals surface area contributed by atoms with Gasteiger partial charge in [0.25, 0.3) is 0 Å². The van der Waals surface area contributed by atoms with Gasteiger partial charge in [0.05, 0.1) is 0 Å². The smallest absolute Gasteiger partial charge is 0.124 e. The molecule has 5 heteroatoms. The number of rotatable bonds is 8. The first-order chi connectivity index (χ1) is 16.0. The van der Waals surface area contributed by atoms with Crippen molar-refractivity contribution in [1.82, 2.24) is 4.90 Å². The molecule has 1 aliphatic rings. The summed E-state index contributed by atoms with van der Waals surface area (Å²) in [4.78, 5) is 2.32. The topological polar surface area (TPSA) is 58.7 Å². The molecule has 1 aliphatic heterocycles. The summed E-state index contributed by atoms with van der Waals surface area (Å²) in [5, 5.41) is 10.5. The van der Waals surface area contributed by atoms with E-state index in [1.807, 2.05) is 31.2 Å². The Morgan fingerprint density at radius 2 is 1.64 bits per heavy atom. The molecule has 0 saturated carbocycles. The van der Waals surface area contributed by atoms with Gasteiger partial charge in [-0.15, -0.1) is 0 Å². The van der Waals surface area contributed by atoms with Crippen LogP contribution in [0.4, 0.5) is 10.1 Å². The zero-order valence-electron chi connectivity index (χ0n) is 19.2. The van der Waals surface area contributed by atoms with E-state index in [9.17, 15) is 9.50 Å². The highest BCUT2D eigenvalue weighted by Crippen LogP contribution is 2.29. The molecular weight excluding hydrogens is 415 g/mol. The minimum atomic E-state index is -0.534. The van der Waals surface area contributed by atoms with Crippen LogP contribution in [0, 0.1) is 12.7 Å². The molecule has 1 heterocycles. The van der Waals surface area contributed by atoms with E-state index in [4.69, 9.17) is 10.5 Å². The van der Waals surface area contributed by atoms with E-state index in [1.54, 1.807) is 6.07 Å². The lowest BCUT2D eigenvalue weighted by molar-refractivity contribution is 0.0592. The Hall–Kier alpha value is -2.89. The van der Waals surface area contributed by atoms with Crippen molar-refractivity contribution >= 4 is 5.69 Å². The number of aliphatic hydroxyl groups excluding tert-OH is 1. The van der Waals surface area contributed by atoms with E-state index < -0.39 is 6.10 Å². The van der Waals surface area contributed by atoms with Crippen LogP contribution in [0.5, 0.6) is 5.75 Å². The first kappa shape index (κ1) is 23.3. The number of aliphatic hydroxyl groups is 1. The Morgan fingerprint density at radius 1 is 1.00 bits per heavy atom. The largest absolute Gasteiger partial charge is 0.490 e. The van der Waals surface area contributed by atoms with Crippen molar-refractivity contribution in [3.63, 3.8) is 0 Å². The number of hydrogen-bond acceptors (Lipinski definition) is 4. The lowest BCUT2D eigenvalue weighted by Crippen LogP contribution is -2.40. The summed E-state index contributed by atoms with van der Waals surface area (Å²) >= 11 is 0. The molecule has 0 unspecified atom stereocenters. The second-order valence-corrected chi connectivity index (χ2v) is 9.11. The molecule has 3 N–H and O–H groups in total. The van der Waals surface area contributed by atoms with Gasteiger partial charge >= 0.3 is 0 Å². The molecule has 33 heavy (non-hydrogen) atoms. The van der Waals surface area contributed by atoms with Crippen molar-refractivity contribution in [2.45, 2.75) is 38.2 Å². The maximum absolute atomic E-state index is 13.1. The Balaban J connectivity index is 1.22. The van der Waals surface area contributed by atoms with Gasteiger partial charge in [-0.2, -0.15) is 0 Å². The van der Waals surface area contributed by atoms with Crippen molar-refractivity contribution in [2.24, 2.45) is 0 Å². The highest BCUT2D eigenvalue weighted by atomic mass is 19.1. The molecule has 0 radical (unpaired) electrons. The number of hydrogen-bond donors (Lipinski definition) is 2. The average Bonchev–Trinajstić information content (AvgIpc) is 2.82. The Kier molecular flexibility index (Phi) is 7.63. The highest BCUT2D eigenvalue weighted by molar-refractivity contribution is 5.47. The van der Waals surface area contributed by atoms with Gasteiger partial charge in [0.1, 0.15) is 24.3 Å². The lowest BCUT2D eigenvalue weighted by atomic mass is 9.88. The molecule has 1 saturated heterocycles. The van der Waals surface area contributed by atoms with Gasteiger partial charge in [-0.25, -0.2) is 4.39 Å². The number of nitrogens with zero attached hydrogens (tertiary/aromatic N) is 1. The van der Waals surface area contributed by atoms with E-state index in [1.165, 1.54) is 23.3 Å². The Morgan fingerprint density at radius 3 is 2.30 bits per heavy atom. The average molecular weight is 449 g/mol. The molecule has 3 aromatic rings. The molecule has 4 rings (SSSR count). The normalized spacial score (nSPS) is 16.0. The molecule has 0 aromatic heterocycles. The standard InChI is InChI=1S/C28H33FN2O2/c1-20-2-11-26(30)17-28(20)33-19-27(32)18-31-14-12-24(13-15-31)23-7-3-21(4-8-23)16-22-5-9-25(29)10-6-22/h2-11,17,24,27,32H,12-16,18-19,30H2,1H3/t27-/m0/s1. The van der Waals surface area contributed by atoms with Crippen molar-refractivity contribution in [3.05, 3.63) is 94.8 Å². The van der Waals surface area contributed by atoms with Crippen molar-refractivity contribution in [1.29, 1.82) is 0 Å². The van der Waals surface area contributed by atoms with Crippen LogP contribution in [0.2, 0.25) is 0 Å². The van der Waals surface area contributed by atoms with Crippen LogP contribution in [0.3, 0.4) is 0 Å². The van der Waals surface area contributed by atoms with Crippen LogP contribution in [-0.2, 0) is 6.42 Å². The highest BCUT2D eigenvalue weighted by Gasteiger charge is 2.22. The van der Waals surface area contributed by atoms with E-state index in [-0.39, 0.29) is 12.4 Å². The van der Waals surface area contributed by atoms with Crippen LogP contribution in [-0.4, -0.2) is 42.4 Å². The maximum atomic E-state index is 13.1. The number of benzene rings is 3. The number of aryl methyl sites for hydroxylation is 1. The van der Waals surface area contributed by atoms with Crippen LogP contribution in [0.1, 0.15) is 41.0 Å². The minimum absolute atomic E-state index is 0.197. The van der Waals surface area contributed by atoms with E-state index in [0.29, 0.717) is 18.2 Å². The number of ether oxygens (including phenoxy) is 1. The third-order valence-corrected chi connectivity index (χ3v) is 6.47. The van der Waals surface area contributed by atoms with Gasteiger partial charge in [0.2, 0.25) is 0 Å². The van der Waals surface area contributed by atoms with Gasteiger partial charge in [-0.05, 0) is 85.6 Å². The number of nitrogens with two attached hydrogens (primary N) is 1. The van der Waals surface area contributed by atoms with E-state index >= 15 is 0 Å². The van der Waals surface area contributed by atoms with Crippen LogP contribution in [0.25, 0.3) is 0 Å². The molecule has 0 aliphatic carbocycles. The summed E-state index contributed by atoms with van der Waals surface area (Å²) in [5.74, 6) is 1.08. The second-order valence-electron chi connectivity index (χ2n) is 9.11. The SMILES string of the molecule is Cc1ccc(N)cc1OC[C@@H](O)CN1CCC(c2ccc(Cc3ccc(F)cc3)cc2)CC1. The van der Waals surface area contributed by atoms with E-state index in [0.717, 1.165) is 49.2 Å². The molecular formula is C28H33FN2O2. The first-order valence-corrected chi connectivity index (χ1v) is 11.7. The molecule has 1 fully saturated rings. The summed E-state index contributed by atoms with van der Waals surface area (Å²) in [7, 11) is 0. The number of β-amino-alcohol motifs (C(OH)–C–C–N with tert-alkyl or cyclic N) is 1. The maximum Gasteiger partial charge on any atom is 0.124 e. The van der Waals surface area contributed by atoms with Crippen molar-refractivity contribution in [3.8, 4) is 5.75 Å². The summed E-state index contributed by atoms with van der Waals surface area (Å²) < 4.78 is 18.9. The predicted molar refractivity (Wildman–Crippen MR) is 131 cm³/mol. The van der Waals surface area contributed by atoms with Crippen LogP contribution in [0.15, 0.2) is 66.7 Å². The van der Waals surface area contributed by atoms with Gasteiger partial charge in [0.15, 0.2) is 0 Å². The summed E-state index contributed by atoms with van der Waals surface area (Å²) in [5.41, 5.74) is 11.2. The molecule has 174 valence electrons. The fourth-order valence-electron chi connectivity index (χ4n) is 4.50. The fourth-order valence-corrected chi connectivity index (χ4v) is 4.50. The van der Waals surface area contributed by atoms with Crippen LogP contribution < -0.4 is 10.5 Å². The summed E-state index contributed by atoms with van der Waals surface area (Å²) in [6.07, 6.45) is 2.44. The first-order valence-electron chi connectivity index (χ1n) is 11.7. The zero-order chi connectivity index (χ0) is 23.2. The van der Waals surface area contributed by atoms with Gasteiger partial charge in [-0.3, -0.25) is 0 Å². The third kappa shape index (κ3) is 6.56. The van der Waals surface area contributed by atoms with Gasteiger partial charge in [-0.1, -0.05) is 42.5 Å². The molecule has 0 spiro atoms. The van der Waals surface area contributed by atoms with Gasteiger partial charge < -0.3 is 20.5 Å². The summed E-state index contributed by atoms with van der Waals surface area (Å²) in [6.45, 7) is 4.79. The number of piperidine rings is 1. The number of nitrogen functional groups attached to an aromatic ring is 1. The van der Waals surface area contributed by atoms with Crippen molar-refractivity contribution in [2.75, 3.05) is 32.0 Å². The number of halogens is 1. The Labute approximate surface area is 195 Å². The monoisotopic (exact) mass is 448 g/mol. The summed E-state index contributed by atoms with van der Waals surface area (Å²) in [6, 6.07) is 21.1. The van der Waals surface area contributed by atoms with Crippen molar-refractivity contribution < 1.29 is 14.2 Å². The molecule has 0 bridgehead atoms. The fraction of sp³-hybridized carbons (Fsp3) is 0.357.